The van der Waals surface area contributed by atoms with Gasteiger partial charge in [-0.25, -0.2) is 4.57 Å². The number of rotatable bonds is 6. The number of pyridine rings is 1. The molecule has 0 saturated heterocycles. The third-order valence-electron chi connectivity index (χ3n) is 4.92. The molecule has 1 heterocycles. The first-order valence-electron chi connectivity index (χ1n) is 9.57. The van der Waals surface area contributed by atoms with Gasteiger partial charge in [0.15, 0.2) is 18.9 Å². The Labute approximate surface area is 169 Å². The second-order valence-electron chi connectivity index (χ2n) is 6.96. The van der Waals surface area contributed by atoms with Crippen molar-refractivity contribution < 1.29 is 9.49 Å². The summed E-state index contributed by atoms with van der Waals surface area (Å²) in [5, 5.41) is 11.0. The van der Waals surface area contributed by atoms with Crippen LogP contribution < -0.4 is 4.57 Å². The molecule has 0 N–H and O–H groups in total. The van der Waals surface area contributed by atoms with Crippen molar-refractivity contribution in [3.63, 3.8) is 0 Å². The molecular formula is C25H21N2O2+. The van der Waals surface area contributed by atoms with Gasteiger partial charge < -0.3 is 0 Å². The van der Waals surface area contributed by atoms with Gasteiger partial charge in [0.05, 0.1) is 4.92 Å². The van der Waals surface area contributed by atoms with Crippen LogP contribution in [0.3, 0.4) is 0 Å². The summed E-state index contributed by atoms with van der Waals surface area (Å²) in [5.74, 6) is 0. The van der Waals surface area contributed by atoms with E-state index in [1.165, 1.54) is 6.07 Å². The predicted molar refractivity (Wildman–Crippen MR) is 114 cm³/mol. The quantitative estimate of drug-likeness (QED) is 0.253. The highest BCUT2D eigenvalue weighted by Gasteiger charge is 2.12. The van der Waals surface area contributed by atoms with Crippen LogP contribution in [0.2, 0.25) is 0 Å². The van der Waals surface area contributed by atoms with Crippen LogP contribution in [0.15, 0.2) is 103 Å². The number of hydrogen-bond donors (Lipinski definition) is 0. The van der Waals surface area contributed by atoms with E-state index in [2.05, 4.69) is 47.3 Å². The Morgan fingerprint density at radius 3 is 1.83 bits per heavy atom. The Hall–Kier alpha value is -3.79. The van der Waals surface area contributed by atoms with Gasteiger partial charge in [0.2, 0.25) is 0 Å². The minimum atomic E-state index is -0.347. The van der Waals surface area contributed by atoms with Gasteiger partial charge in [-0.2, -0.15) is 0 Å². The first-order chi connectivity index (χ1) is 14.2. The molecule has 0 aliphatic carbocycles. The monoisotopic (exact) mass is 381 g/mol. The van der Waals surface area contributed by atoms with Crippen molar-refractivity contribution in [2.24, 2.45) is 0 Å². The molecule has 0 radical (unpaired) electrons. The Kier molecular flexibility index (Phi) is 5.43. The number of nitro benzene ring substituents is 1. The molecule has 3 aromatic carbocycles. The average molecular weight is 381 g/mol. The first-order valence-corrected chi connectivity index (χ1v) is 9.57. The predicted octanol–water partition coefficient (Wildman–Crippen LogP) is 5.46. The van der Waals surface area contributed by atoms with Crippen LogP contribution in [-0.2, 0) is 13.0 Å². The smallest absolute Gasteiger partial charge is 0.258 e. The maximum Gasteiger partial charge on any atom is 0.269 e. The lowest BCUT2D eigenvalue weighted by atomic mass is 10.0. The summed E-state index contributed by atoms with van der Waals surface area (Å²) in [6.07, 6.45) is 5.00. The van der Waals surface area contributed by atoms with E-state index in [0.29, 0.717) is 0 Å². The molecule has 4 heteroatoms. The van der Waals surface area contributed by atoms with Gasteiger partial charge in [0.25, 0.3) is 5.69 Å². The summed E-state index contributed by atoms with van der Waals surface area (Å²) in [7, 11) is 0. The maximum absolute atomic E-state index is 11.0. The van der Waals surface area contributed by atoms with Crippen LogP contribution >= 0.6 is 0 Å². The molecule has 4 rings (SSSR count). The molecule has 0 bridgehead atoms. The van der Waals surface area contributed by atoms with Gasteiger partial charge in [0.1, 0.15) is 0 Å². The van der Waals surface area contributed by atoms with E-state index in [1.54, 1.807) is 12.1 Å². The normalized spacial score (nSPS) is 10.6. The van der Waals surface area contributed by atoms with Gasteiger partial charge >= 0.3 is 0 Å². The van der Waals surface area contributed by atoms with E-state index in [4.69, 9.17) is 0 Å². The third kappa shape index (κ3) is 4.55. The molecule has 142 valence electrons. The SMILES string of the molecule is O=[N+]([O-])c1cccc(CC[n+]2cc(-c3ccccc3)cc(-c3ccccc3)c2)c1. The van der Waals surface area contributed by atoms with Gasteiger partial charge in [-0.05, 0) is 22.8 Å². The van der Waals surface area contributed by atoms with Crippen LogP contribution in [0.25, 0.3) is 22.3 Å². The van der Waals surface area contributed by atoms with E-state index < -0.39 is 0 Å². The van der Waals surface area contributed by atoms with Crippen molar-refractivity contribution in [3.8, 4) is 22.3 Å². The zero-order valence-corrected chi connectivity index (χ0v) is 15.9. The molecule has 0 amide bonds. The summed E-state index contributed by atoms with van der Waals surface area (Å²) < 4.78 is 2.17. The highest BCUT2D eigenvalue weighted by Crippen LogP contribution is 2.24. The van der Waals surface area contributed by atoms with Crippen LogP contribution in [0.4, 0.5) is 5.69 Å². The van der Waals surface area contributed by atoms with Crippen molar-refractivity contribution >= 4 is 5.69 Å². The van der Waals surface area contributed by atoms with Gasteiger partial charge in [0, 0.05) is 29.7 Å². The topological polar surface area (TPSA) is 47.0 Å². The number of benzene rings is 3. The molecule has 0 unspecified atom stereocenters. The van der Waals surface area contributed by atoms with Crippen molar-refractivity contribution in [3.05, 3.63) is 119 Å². The van der Waals surface area contributed by atoms with Crippen LogP contribution in [-0.4, -0.2) is 4.92 Å². The highest BCUT2D eigenvalue weighted by molar-refractivity contribution is 5.70. The van der Waals surface area contributed by atoms with Gasteiger partial charge in [-0.3, -0.25) is 10.1 Å². The average Bonchev–Trinajstić information content (AvgIpc) is 2.79. The molecule has 1 aromatic heterocycles. The molecule has 0 saturated carbocycles. The summed E-state index contributed by atoms with van der Waals surface area (Å²) in [6.45, 7) is 0.738. The molecular weight excluding hydrogens is 360 g/mol. The van der Waals surface area contributed by atoms with E-state index in [9.17, 15) is 10.1 Å². The second kappa shape index (κ2) is 8.48. The lowest BCUT2D eigenvalue weighted by Gasteiger charge is -2.07. The minimum Gasteiger partial charge on any atom is -0.258 e. The fraction of sp³-hybridized carbons (Fsp3) is 0.0800. The third-order valence-corrected chi connectivity index (χ3v) is 4.92. The molecule has 0 aliphatic rings. The largest absolute Gasteiger partial charge is 0.269 e. The Balaban J connectivity index is 1.67. The summed E-state index contributed by atoms with van der Waals surface area (Å²) in [4.78, 5) is 10.7. The Morgan fingerprint density at radius 1 is 0.690 bits per heavy atom. The van der Waals surface area contributed by atoms with Crippen molar-refractivity contribution in [1.82, 2.24) is 0 Å². The van der Waals surface area contributed by atoms with E-state index in [-0.39, 0.29) is 10.6 Å². The molecule has 29 heavy (non-hydrogen) atoms. The minimum absolute atomic E-state index is 0.135. The molecule has 0 atom stereocenters. The number of non-ortho nitro benzene ring substituents is 1. The van der Waals surface area contributed by atoms with Crippen molar-refractivity contribution in [2.75, 3.05) is 0 Å². The van der Waals surface area contributed by atoms with E-state index in [1.807, 2.05) is 42.5 Å². The standard InChI is InChI=1S/C25H21N2O2/c28-27(29)25-13-7-8-20(16-25)14-15-26-18-23(21-9-3-1-4-10-21)17-24(19-26)22-11-5-2-6-12-22/h1-13,16-19H,14-15H2/q+1. The molecule has 0 fully saturated rings. The number of nitro groups is 1. The Bertz CT molecular complexity index is 1070. The van der Waals surface area contributed by atoms with Crippen LogP contribution in [0, 0.1) is 10.1 Å². The van der Waals surface area contributed by atoms with Gasteiger partial charge in [-0.1, -0.05) is 72.8 Å². The number of aryl methyl sites for hydroxylation is 2. The molecule has 0 spiro atoms. The molecule has 4 aromatic rings. The number of aromatic nitrogens is 1. The van der Waals surface area contributed by atoms with E-state index in [0.717, 1.165) is 40.8 Å². The molecule has 0 aliphatic heterocycles. The fourth-order valence-electron chi connectivity index (χ4n) is 3.43. The lowest BCUT2D eigenvalue weighted by Crippen LogP contribution is -2.34. The molecule has 4 nitrogen and oxygen atoms in total. The van der Waals surface area contributed by atoms with Gasteiger partial charge in [-0.15, -0.1) is 0 Å². The van der Waals surface area contributed by atoms with Crippen molar-refractivity contribution in [2.45, 2.75) is 13.0 Å². The zero-order valence-electron chi connectivity index (χ0n) is 15.9. The zero-order chi connectivity index (χ0) is 20.1. The number of nitrogens with zero attached hydrogens (tertiary/aromatic N) is 2. The lowest BCUT2D eigenvalue weighted by molar-refractivity contribution is -0.695. The Morgan fingerprint density at radius 2 is 1.28 bits per heavy atom. The first kappa shape index (κ1) is 18.6. The van der Waals surface area contributed by atoms with Crippen LogP contribution in [0.1, 0.15) is 5.56 Å². The maximum atomic E-state index is 11.0. The summed E-state index contributed by atoms with van der Waals surface area (Å²) in [5.41, 5.74) is 5.70. The highest BCUT2D eigenvalue weighted by atomic mass is 16.6. The van der Waals surface area contributed by atoms with Crippen LogP contribution in [0.5, 0.6) is 0 Å². The van der Waals surface area contributed by atoms with E-state index >= 15 is 0 Å². The second-order valence-corrected chi connectivity index (χ2v) is 6.96. The van der Waals surface area contributed by atoms with Crippen molar-refractivity contribution in [1.29, 1.82) is 0 Å². The summed E-state index contributed by atoms with van der Waals surface area (Å²) >= 11 is 0. The summed E-state index contributed by atoms with van der Waals surface area (Å²) in [6, 6.07) is 29.7. The fourth-order valence-corrected chi connectivity index (χ4v) is 3.43. The number of hydrogen-bond acceptors (Lipinski definition) is 2.